The molecule has 12 heteroatoms. The molecule has 0 atom stereocenters. The van der Waals surface area contributed by atoms with Crippen molar-refractivity contribution in [3.63, 3.8) is 0 Å². The number of nitro benzene ring substituents is 1. The highest BCUT2D eigenvalue weighted by atomic mass is 32.2. The Bertz CT molecular complexity index is 1440. The lowest BCUT2D eigenvalue weighted by molar-refractivity contribution is -0.384. The van der Waals surface area contributed by atoms with Gasteiger partial charge in [-0.1, -0.05) is 36.0 Å². The molecule has 3 aromatic carbocycles. The normalized spacial score (nSPS) is 11.0. The molecular formula is C25H21FN6O4S. The summed E-state index contributed by atoms with van der Waals surface area (Å²) in [6.45, 7) is 0.0457. The van der Waals surface area contributed by atoms with Gasteiger partial charge < -0.3 is 9.30 Å². The van der Waals surface area contributed by atoms with Gasteiger partial charge in [0.05, 0.1) is 11.1 Å². The fourth-order valence-electron chi connectivity index (χ4n) is 3.20. The number of thioether (sulfide) groups is 1. The molecule has 0 unspecified atom stereocenters. The number of hydrazone groups is 1. The third kappa shape index (κ3) is 6.98. The average molecular weight is 521 g/mol. The van der Waals surface area contributed by atoms with Crippen molar-refractivity contribution in [3.05, 3.63) is 111 Å². The third-order valence-corrected chi connectivity index (χ3v) is 6.22. The number of nitro groups is 1. The smallest absolute Gasteiger partial charge is 0.271 e. The van der Waals surface area contributed by atoms with Gasteiger partial charge in [-0.25, -0.2) is 9.82 Å². The fourth-order valence-corrected chi connectivity index (χ4v) is 4.04. The van der Waals surface area contributed by atoms with Crippen molar-refractivity contribution >= 4 is 29.6 Å². The zero-order valence-electron chi connectivity index (χ0n) is 19.6. The van der Waals surface area contributed by atoms with E-state index >= 15 is 0 Å². The molecule has 0 spiro atoms. The highest BCUT2D eigenvalue weighted by Crippen LogP contribution is 2.24. The van der Waals surface area contributed by atoms with Crippen LogP contribution in [0, 0.1) is 15.9 Å². The Morgan fingerprint density at radius 3 is 2.70 bits per heavy atom. The number of non-ortho nitro benzene ring substituents is 1. The number of nitrogens with zero attached hydrogens (tertiary/aromatic N) is 5. The number of aryl methyl sites for hydroxylation is 1. The van der Waals surface area contributed by atoms with Crippen molar-refractivity contribution in [2.45, 2.75) is 17.5 Å². The minimum absolute atomic E-state index is 0.0457. The largest absolute Gasteiger partial charge is 0.488 e. The molecule has 10 nitrogen and oxygen atoms in total. The van der Waals surface area contributed by atoms with E-state index in [1.54, 1.807) is 30.6 Å². The highest BCUT2D eigenvalue weighted by molar-refractivity contribution is 7.98. The number of benzene rings is 3. The lowest BCUT2D eigenvalue weighted by Crippen LogP contribution is -2.17. The van der Waals surface area contributed by atoms with Gasteiger partial charge in [-0.3, -0.25) is 14.9 Å². The van der Waals surface area contributed by atoms with E-state index in [1.165, 1.54) is 48.3 Å². The summed E-state index contributed by atoms with van der Waals surface area (Å²) in [5, 5.41) is 23.8. The van der Waals surface area contributed by atoms with Crippen molar-refractivity contribution in [1.82, 2.24) is 20.2 Å². The second-order valence-corrected chi connectivity index (χ2v) is 8.75. The molecule has 0 aliphatic carbocycles. The summed E-state index contributed by atoms with van der Waals surface area (Å²) in [6.07, 6.45) is 2.89. The summed E-state index contributed by atoms with van der Waals surface area (Å²) in [6, 6.07) is 16.9. The number of ether oxygens (including phenoxy) is 1. The first-order valence-corrected chi connectivity index (χ1v) is 11.9. The van der Waals surface area contributed by atoms with Gasteiger partial charge in [0.1, 0.15) is 24.5 Å². The van der Waals surface area contributed by atoms with Crippen molar-refractivity contribution in [2.75, 3.05) is 0 Å². The molecule has 0 fully saturated rings. The lowest BCUT2D eigenvalue weighted by atomic mass is 10.1. The molecule has 0 aliphatic heterocycles. The molecule has 0 saturated heterocycles. The van der Waals surface area contributed by atoms with Gasteiger partial charge in [-0.05, 0) is 41.5 Å². The predicted octanol–water partition coefficient (Wildman–Crippen LogP) is 4.50. The van der Waals surface area contributed by atoms with Gasteiger partial charge in [0.15, 0.2) is 5.16 Å². The third-order valence-electron chi connectivity index (χ3n) is 5.11. The van der Waals surface area contributed by atoms with Crippen LogP contribution in [0.15, 0.2) is 83.3 Å². The van der Waals surface area contributed by atoms with E-state index in [9.17, 15) is 19.3 Å². The number of hydrogen-bond acceptors (Lipinski definition) is 8. The molecule has 0 saturated carbocycles. The van der Waals surface area contributed by atoms with E-state index in [1.807, 2.05) is 23.7 Å². The van der Waals surface area contributed by atoms with Crippen molar-refractivity contribution in [1.29, 1.82) is 0 Å². The Labute approximate surface area is 215 Å². The maximum atomic E-state index is 13.4. The van der Waals surface area contributed by atoms with E-state index in [0.717, 1.165) is 10.7 Å². The number of nitrogens with one attached hydrogen (secondary N) is 1. The van der Waals surface area contributed by atoms with Crippen LogP contribution in [0.3, 0.4) is 0 Å². The minimum Gasteiger partial charge on any atom is -0.488 e. The van der Waals surface area contributed by atoms with Gasteiger partial charge in [0.25, 0.3) is 11.6 Å². The van der Waals surface area contributed by atoms with E-state index in [0.29, 0.717) is 16.9 Å². The van der Waals surface area contributed by atoms with Gasteiger partial charge >= 0.3 is 0 Å². The molecule has 37 heavy (non-hydrogen) atoms. The summed E-state index contributed by atoms with van der Waals surface area (Å²) < 4.78 is 21.0. The van der Waals surface area contributed by atoms with Gasteiger partial charge in [-0.2, -0.15) is 5.10 Å². The van der Waals surface area contributed by atoms with Crippen LogP contribution in [0.1, 0.15) is 27.0 Å². The molecule has 1 amide bonds. The Morgan fingerprint density at radius 1 is 1.19 bits per heavy atom. The molecule has 0 bridgehead atoms. The standard InChI is InChI=1S/C25H21FN6O4S/c1-31-16-28-30-25(31)37-15-17-5-7-19(8-6-17)24(33)29-27-13-20-12-22(32(34)35)9-10-23(20)36-14-18-3-2-4-21(26)11-18/h2-13,16H,14-15H2,1H3,(H,29,33)/b27-13+. The van der Waals surface area contributed by atoms with Crippen molar-refractivity contribution < 1.29 is 18.8 Å². The lowest BCUT2D eigenvalue weighted by Gasteiger charge is -2.09. The van der Waals surface area contributed by atoms with E-state index in [2.05, 4.69) is 20.7 Å². The first kappa shape index (κ1) is 25.5. The number of carbonyl (C=O) groups is 1. The quantitative estimate of drug-likeness (QED) is 0.141. The molecule has 1 aromatic heterocycles. The molecule has 0 radical (unpaired) electrons. The molecule has 1 heterocycles. The summed E-state index contributed by atoms with van der Waals surface area (Å²) in [7, 11) is 1.86. The van der Waals surface area contributed by atoms with Crippen LogP contribution < -0.4 is 10.2 Å². The number of aromatic nitrogens is 3. The van der Waals surface area contributed by atoms with E-state index < -0.39 is 16.6 Å². The van der Waals surface area contributed by atoms with Crippen LogP contribution in [-0.2, 0) is 19.4 Å². The summed E-state index contributed by atoms with van der Waals surface area (Å²) in [5.41, 5.74) is 4.52. The van der Waals surface area contributed by atoms with Gasteiger partial charge in [-0.15, -0.1) is 10.2 Å². The topological polar surface area (TPSA) is 125 Å². The van der Waals surface area contributed by atoms with Gasteiger partial charge in [0.2, 0.25) is 0 Å². The highest BCUT2D eigenvalue weighted by Gasteiger charge is 2.12. The zero-order chi connectivity index (χ0) is 26.2. The number of amides is 1. The second-order valence-electron chi connectivity index (χ2n) is 7.81. The molecular weight excluding hydrogens is 499 g/mol. The number of hydrogen-bond donors (Lipinski definition) is 1. The van der Waals surface area contributed by atoms with Crippen LogP contribution in [0.5, 0.6) is 5.75 Å². The second kappa shape index (κ2) is 11.9. The molecule has 0 aliphatic rings. The molecule has 188 valence electrons. The van der Waals surface area contributed by atoms with Crippen molar-refractivity contribution in [3.8, 4) is 5.75 Å². The van der Waals surface area contributed by atoms with Crippen molar-refractivity contribution in [2.24, 2.45) is 12.1 Å². The Balaban J connectivity index is 1.39. The minimum atomic E-state index is -0.545. The van der Waals surface area contributed by atoms with Crippen LogP contribution in [-0.4, -0.2) is 31.8 Å². The average Bonchev–Trinajstić information content (AvgIpc) is 3.31. The van der Waals surface area contributed by atoms with Crippen LogP contribution in [0.2, 0.25) is 0 Å². The maximum absolute atomic E-state index is 13.4. The van der Waals surface area contributed by atoms with E-state index in [-0.39, 0.29) is 23.6 Å². The Kier molecular flexibility index (Phi) is 8.21. The maximum Gasteiger partial charge on any atom is 0.271 e. The number of rotatable bonds is 10. The van der Waals surface area contributed by atoms with Crippen LogP contribution >= 0.6 is 11.8 Å². The van der Waals surface area contributed by atoms with Gasteiger partial charge in [0, 0.05) is 36.1 Å². The van der Waals surface area contributed by atoms with E-state index in [4.69, 9.17) is 4.74 Å². The predicted molar refractivity (Wildman–Crippen MR) is 136 cm³/mol. The number of carbonyl (C=O) groups excluding carboxylic acids is 1. The zero-order valence-corrected chi connectivity index (χ0v) is 20.4. The first-order chi connectivity index (χ1) is 17.9. The summed E-state index contributed by atoms with van der Waals surface area (Å²) in [5.74, 6) is 0.109. The number of halogens is 1. The Hall–Kier alpha value is -4.58. The first-order valence-electron chi connectivity index (χ1n) is 10.9. The van der Waals surface area contributed by atoms with Crippen LogP contribution in [0.4, 0.5) is 10.1 Å². The fraction of sp³-hybridized carbons (Fsp3) is 0.120. The van der Waals surface area contributed by atoms with Crippen LogP contribution in [0.25, 0.3) is 0 Å². The molecule has 4 rings (SSSR count). The summed E-state index contributed by atoms with van der Waals surface area (Å²) in [4.78, 5) is 23.2. The Morgan fingerprint density at radius 2 is 2.00 bits per heavy atom. The molecule has 4 aromatic rings. The monoisotopic (exact) mass is 520 g/mol. The SMILES string of the molecule is Cn1cnnc1SCc1ccc(C(=O)N/N=C/c2cc([N+](=O)[O-])ccc2OCc2cccc(F)c2)cc1. The molecule has 1 N–H and O–H groups in total. The summed E-state index contributed by atoms with van der Waals surface area (Å²) >= 11 is 1.53.